The van der Waals surface area contributed by atoms with E-state index in [2.05, 4.69) is 9.72 Å². The first-order valence-electron chi connectivity index (χ1n) is 4.20. The molecule has 17 heavy (non-hydrogen) atoms. The van der Waals surface area contributed by atoms with Crippen LogP contribution in [0.15, 0.2) is 18.3 Å². The Morgan fingerprint density at radius 2 is 1.94 bits per heavy atom. The first-order chi connectivity index (χ1) is 7.76. The third-order valence-corrected chi connectivity index (χ3v) is 1.68. The van der Waals surface area contributed by atoms with Crippen molar-refractivity contribution in [3.05, 3.63) is 23.9 Å². The first kappa shape index (κ1) is 13.2. The Hall–Kier alpha value is -1.91. The number of nitrogens with zero attached hydrogens (tertiary/aromatic N) is 2. The Labute approximate surface area is 92.4 Å². The van der Waals surface area contributed by atoms with E-state index in [9.17, 15) is 22.0 Å². The highest BCUT2D eigenvalue weighted by Gasteiger charge is 2.58. The Morgan fingerprint density at radius 3 is 2.47 bits per heavy atom. The summed E-state index contributed by atoms with van der Waals surface area (Å²) in [5, 5.41) is 8.46. The summed E-state index contributed by atoms with van der Waals surface area (Å²) >= 11 is 0. The predicted molar refractivity (Wildman–Crippen MR) is 45.4 cm³/mol. The highest BCUT2D eigenvalue weighted by atomic mass is 19.4. The summed E-state index contributed by atoms with van der Waals surface area (Å²) < 4.78 is 64.5. The Kier molecular flexibility index (Phi) is 3.50. The topological polar surface area (TPSA) is 45.9 Å². The maximum atomic E-state index is 12.5. The molecule has 0 bridgehead atoms. The summed E-state index contributed by atoms with van der Waals surface area (Å²) in [6.45, 7) is -1.88. The molecule has 0 spiro atoms. The fourth-order valence-corrected chi connectivity index (χ4v) is 0.804. The zero-order valence-electron chi connectivity index (χ0n) is 8.13. The van der Waals surface area contributed by atoms with Crippen LogP contribution in [0.1, 0.15) is 5.56 Å². The standard InChI is InChI=1S/C9H5F5N2O/c10-8(11,9(12,13)14)5-17-7-3-6(4-15)1-2-16-7/h1-3H,5H2. The molecule has 0 aromatic carbocycles. The van der Waals surface area contributed by atoms with Gasteiger partial charge in [0.25, 0.3) is 0 Å². The molecule has 0 radical (unpaired) electrons. The van der Waals surface area contributed by atoms with Gasteiger partial charge in [0, 0.05) is 12.3 Å². The largest absolute Gasteiger partial charge is 0.471 e. The van der Waals surface area contributed by atoms with Gasteiger partial charge < -0.3 is 4.74 Å². The van der Waals surface area contributed by atoms with E-state index in [0.717, 1.165) is 12.3 Å². The van der Waals surface area contributed by atoms with Gasteiger partial charge in [-0.25, -0.2) is 4.98 Å². The van der Waals surface area contributed by atoms with Crippen LogP contribution in [0.4, 0.5) is 22.0 Å². The van der Waals surface area contributed by atoms with Gasteiger partial charge in [-0.15, -0.1) is 0 Å². The molecule has 1 heterocycles. The van der Waals surface area contributed by atoms with Gasteiger partial charge in [-0.2, -0.15) is 27.2 Å². The molecule has 0 amide bonds. The molecule has 1 rings (SSSR count). The van der Waals surface area contributed by atoms with Crippen molar-refractivity contribution in [3.8, 4) is 11.9 Å². The molecule has 0 aliphatic carbocycles. The number of pyridine rings is 1. The molecule has 0 unspecified atom stereocenters. The molecule has 8 heteroatoms. The minimum atomic E-state index is -5.68. The highest BCUT2D eigenvalue weighted by molar-refractivity contribution is 5.31. The van der Waals surface area contributed by atoms with Crippen molar-refractivity contribution < 1.29 is 26.7 Å². The summed E-state index contributed by atoms with van der Waals surface area (Å²) in [5.41, 5.74) is 0.0466. The number of aromatic nitrogens is 1. The summed E-state index contributed by atoms with van der Waals surface area (Å²) in [6, 6.07) is 3.89. The van der Waals surface area contributed by atoms with Crippen molar-refractivity contribution in [1.29, 1.82) is 5.26 Å². The highest BCUT2D eigenvalue weighted by Crippen LogP contribution is 2.35. The average Bonchev–Trinajstić information content (AvgIpc) is 2.25. The molecule has 92 valence electrons. The molecule has 1 aromatic heterocycles. The second-order valence-electron chi connectivity index (χ2n) is 2.99. The van der Waals surface area contributed by atoms with Gasteiger partial charge in [0.05, 0.1) is 11.6 Å². The molecule has 1 aromatic rings. The maximum Gasteiger partial charge on any atom is 0.456 e. The van der Waals surface area contributed by atoms with Crippen LogP contribution in [-0.2, 0) is 0 Å². The molecule has 0 aliphatic heterocycles. The fourth-order valence-electron chi connectivity index (χ4n) is 0.804. The number of hydrogen-bond acceptors (Lipinski definition) is 3. The van der Waals surface area contributed by atoms with Crippen LogP contribution >= 0.6 is 0 Å². The molecule has 0 N–H and O–H groups in total. The van der Waals surface area contributed by atoms with Crippen molar-refractivity contribution in [2.24, 2.45) is 0 Å². The molecule has 0 saturated carbocycles. The quantitative estimate of drug-likeness (QED) is 0.776. The SMILES string of the molecule is N#Cc1ccnc(OCC(F)(F)C(F)(F)F)c1. The van der Waals surface area contributed by atoms with E-state index in [1.807, 2.05) is 0 Å². The molecule has 0 aliphatic rings. The van der Waals surface area contributed by atoms with Gasteiger partial charge in [0.15, 0.2) is 6.61 Å². The summed E-state index contributed by atoms with van der Waals surface area (Å²) in [5.74, 6) is -5.43. The third kappa shape index (κ3) is 3.27. The van der Waals surface area contributed by atoms with Crippen LogP contribution in [-0.4, -0.2) is 23.7 Å². The van der Waals surface area contributed by atoms with Gasteiger partial charge in [0.1, 0.15) is 0 Å². The van der Waals surface area contributed by atoms with E-state index < -0.39 is 24.6 Å². The zero-order valence-corrected chi connectivity index (χ0v) is 8.13. The van der Waals surface area contributed by atoms with Crippen molar-refractivity contribution >= 4 is 0 Å². The first-order valence-corrected chi connectivity index (χ1v) is 4.20. The number of nitriles is 1. The maximum absolute atomic E-state index is 12.5. The minimum Gasteiger partial charge on any atom is -0.471 e. The third-order valence-electron chi connectivity index (χ3n) is 1.68. The number of alkyl halides is 5. The predicted octanol–water partition coefficient (Wildman–Crippen LogP) is 2.53. The lowest BCUT2D eigenvalue weighted by Gasteiger charge is -2.19. The molecule has 0 fully saturated rings. The van der Waals surface area contributed by atoms with Crippen LogP contribution in [0.5, 0.6) is 5.88 Å². The summed E-state index contributed by atoms with van der Waals surface area (Å²) in [4.78, 5) is 3.40. The van der Waals surface area contributed by atoms with Crippen molar-refractivity contribution in [1.82, 2.24) is 4.98 Å². The zero-order chi connectivity index (χ0) is 13.1. The van der Waals surface area contributed by atoms with Gasteiger partial charge in [-0.3, -0.25) is 0 Å². The van der Waals surface area contributed by atoms with Crippen molar-refractivity contribution in [2.45, 2.75) is 12.1 Å². The minimum absolute atomic E-state index is 0.0466. The molecule has 0 saturated heterocycles. The van der Waals surface area contributed by atoms with E-state index in [4.69, 9.17) is 5.26 Å². The Balaban J connectivity index is 2.71. The summed E-state index contributed by atoms with van der Waals surface area (Å²) in [7, 11) is 0. The van der Waals surface area contributed by atoms with Crippen LogP contribution in [0.3, 0.4) is 0 Å². The normalized spacial score (nSPS) is 12.0. The average molecular weight is 252 g/mol. The van der Waals surface area contributed by atoms with Gasteiger partial charge in [-0.05, 0) is 6.07 Å². The van der Waals surface area contributed by atoms with Crippen molar-refractivity contribution in [3.63, 3.8) is 0 Å². The number of halogens is 5. The van der Waals surface area contributed by atoms with E-state index in [1.165, 1.54) is 6.07 Å². The number of rotatable bonds is 3. The van der Waals surface area contributed by atoms with E-state index in [-0.39, 0.29) is 5.56 Å². The molecule has 0 atom stereocenters. The number of ether oxygens (including phenoxy) is 1. The smallest absolute Gasteiger partial charge is 0.456 e. The van der Waals surface area contributed by atoms with E-state index in [1.54, 1.807) is 6.07 Å². The van der Waals surface area contributed by atoms with Crippen molar-refractivity contribution in [2.75, 3.05) is 6.61 Å². The van der Waals surface area contributed by atoms with Gasteiger partial charge in [-0.1, -0.05) is 0 Å². The molecule has 3 nitrogen and oxygen atoms in total. The molecular weight excluding hydrogens is 247 g/mol. The Morgan fingerprint density at radius 1 is 1.29 bits per heavy atom. The van der Waals surface area contributed by atoms with Gasteiger partial charge in [0.2, 0.25) is 5.88 Å². The van der Waals surface area contributed by atoms with E-state index in [0.29, 0.717) is 0 Å². The fraction of sp³-hybridized carbons (Fsp3) is 0.333. The van der Waals surface area contributed by atoms with Crippen LogP contribution in [0.25, 0.3) is 0 Å². The van der Waals surface area contributed by atoms with Crippen LogP contribution < -0.4 is 4.74 Å². The second kappa shape index (κ2) is 4.53. The van der Waals surface area contributed by atoms with Gasteiger partial charge >= 0.3 is 12.1 Å². The van der Waals surface area contributed by atoms with E-state index >= 15 is 0 Å². The van der Waals surface area contributed by atoms with Crippen LogP contribution in [0.2, 0.25) is 0 Å². The van der Waals surface area contributed by atoms with Crippen LogP contribution in [0, 0.1) is 11.3 Å². The lowest BCUT2D eigenvalue weighted by Crippen LogP contribution is -2.41. The lowest BCUT2D eigenvalue weighted by molar-refractivity contribution is -0.290. The lowest BCUT2D eigenvalue weighted by atomic mass is 10.3. The summed E-state index contributed by atoms with van der Waals surface area (Å²) in [6.07, 6.45) is -4.61. The Bertz CT molecular complexity index is 438. The monoisotopic (exact) mass is 252 g/mol. The molecular formula is C9H5F5N2O. The number of hydrogen-bond donors (Lipinski definition) is 0. The second-order valence-corrected chi connectivity index (χ2v) is 2.99.